The molecule has 1 amide bonds. The summed E-state index contributed by atoms with van der Waals surface area (Å²) >= 11 is 0. The first kappa shape index (κ1) is 14.1. The van der Waals surface area contributed by atoms with E-state index in [9.17, 15) is 4.79 Å². The maximum Gasteiger partial charge on any atom is 0.238 e. The van der Waals surface area contributed by atoms with Gasteiger partial charge in [-0.2, -0.15) is 0 Å². The van der Waals surface area contributed by atoms with Crippen molar-refractivity contribution in [1.82, 2.24) is 5.32 Å². The molecule has 1 aromatic rings. The van der Waals surface area contributed by atoms with Crippen molar-refractivity contribution in [2.75, 3.05) is 37.4 Å². The predicted molar refractivity (Wildman–Crippen MR) is 75.8 cm³/mol. The summed E-state index contributed by atoms with van der Waals surface area (Å²) < 4.78 is 0. The summed E-state index contributed by atoms with van der Waals surface area (Å²) in [5.41, 5.74) is 3.05. The molecule has 4 heteroatoms. The van der Waals surface area contributed by atoms with Crippen LogP contribution >= 0.6 is 0 Å². The number of carbonyl (C=O) groups is 1. The molecule has 0 saturated carbocycles. The number of hydrogen-bond donors (Lipinski definition) is 2. The highest BCUT2D eigenvalue weighted by molar-refractivity contribution is 5.92. The highest BCUT2D eigenvalue weighted by Crippen LogP contribution is 2.22. The lowest BCUT2D eigenvalue weighted by Crippen LogP contribution is -2.28. The number of nitrogens with zero attached hydrogens (tertiary/aromatic N) is 1. The highest BCUT2D eigenvalue weighted by atomic mass is 16.1. The van der Waals surface area contributed by atoms with Crippen molar-refractivity contribution >= 4 is 17.3 Å². The lowest BCUT2D eigenvalue weighted by atomic mass is 10.1. The van der Waals surface area contributed by atoms with Gasteiger partial charge in [0.05, 0.1) is 13.1 Å². The Morgan fingerprint density at radius 3 is 2.78 bits per heavy atom. The summed E-state index contributed by atoms with van der Waals surface area (Å²) in [6.07, 6.45) is 5.09. The third-order valence-corrected chi connectivity index (χ3v) is 2.49. The average molecular weight is 245 g/mol. The number of terminal acetylenes is 1. The van der Waals surface area contributed by atoms with E-state index in [0.717, 1.165) is 11.4 Å². The molecule has 0 radical (unpaired) electrons. The summed E-state index contributed by atoms with van der Waals surface area (Å²) in [4.78, 5) is 13.6. The molecule has 18 heavy (non-hydrogen) atoms. The summed E-state index contributed by atoms with van der Waals surface area (Å²) in [5, 5.41) is 5.67. The van der Waals surface area contributed by atoms with Crippen LogP contribution in [0.15, 0.2) is 18.2 Å². The quantitative estimate of drug-likeness (QED) is 0.605. The molecule has 0 fully saturated rings. The molecule has 0 atom stereocenters. The Kier molecular flexibility index (Phi) is 5.22. The van der Waals surface area contributed by atoms with E-state index in [0.29, 0.717) is 6.54 Å². The first-order chi connectivity index (χ1) is 8.54. The van der Waals surface area contributed by atoms with Crippen molar-refractivity contribution in [3.05, 3.63) is 23.8 Å². The van der Waals surface area contributed by atoms with Crippen LogP contribution < -0.4 is 15.5 Å². The lowest BCUT2D eigenvalue weighted by Gasteiger charge is -2.17. The zero-order valence-corrected chi connectivity index (χ0v) is 11.1. The van der Waals surface area contributed by atoms with Gasteiger partial charge >= 0.3 is 0 Å². The second-order valence-corrected chi connectivity index (χ2v) is 4.25. The van der Waals surface area contributed by atoms with Crippen LogP contribution in [0.1, 0.15) is 5.56 Å². The summed E-state index contributed by atoms with van der Waals surface area (Å²) in [7, 11) is 3.95. The SMILES string of the molecule is C#CCNCC(=O)Nc1ccc(C)c(N(C)C)c1. The Balaban J connectivity index is 2.65. The van der Waals surface area contributed by atoms with Gasteiger partial charge in [-0.05, 0) is 24.6 Å². The summed E-state index contributed by atoms with van der Waals surface area (Å²) in [6, 6.07) is 5.83. The molecule has 0 unspecified atom stereocenters. The minimum absolute atomic E-state index is 0.0983. The van der Waals surface area contributed by atoms with E-state index in [-0.39, 0.29) is 12.5 Å². The molecular weight excluding hydrogens is 226 g/mol. The largest absolute Gasteiger partial charge is 0.377 e. The number of anilines is 2. The molecule has 0 spiro atoms. The van der Waals surface area contributed by atoms with Crippen molar-refractivity contribution in [3.63, 3.8) is 0 Å². The van der Waals surface area contributed by atoms with Crippen LogP contribution in [-0.2, 0) is 4.79 Å². The fourth-order valence-electron chi connectivity index (χ4n) is 1.62. The maximum absolute atomic E-state index is 11.6. The predicted octanol–water partition coefficient (Wildman–Crippen LogP) is 1.22. The van der Waals surface area contributed by atoms with Crippen molar-refractivity contribution in [3.8, 4) is 12.3 Å². The number of hydrogen-bond acceptors (Lipinski definition) is 3. The fraction of sp³-hybridized carbons (Fsp3) is 0.357. The van der Waals surface area contributed by atoms with Crippen LogP contribution in [0.4, 0.5) is 11.4 Å². The van der Waals surface area contributed by atoms with Gasteiger partial charge in [-0.3, -0.25) is 10.1 Å². The number of rotatable bonds is 5. The molecule has 2 N–H and O–H groups in total. The zero-order chi connectivity index (χ0) is 13.5. The minimum Gasteiger partial charge on any atom is -0.377 e. The first-order valence-electron chi connectivity index (χ1n) is 5.76. The fourth-order valence-corrected chi connectivity index (χ4v) is 1.62. The normalized spacial score (nSPS) is 9.67. The van der Waals surface area contributed by atoms with Crippen molar-refractivity contribution in [2.45, 2.75) is 6.92 Å². The monoisotopic (exact) mass is 245 g/mol. The Labute approximate surface area is 108 Å². The zero-order valence-electron chi connectivity index (χ0n) is 11.1. The molecule has 0 heterocycles. The van der Waals surface area contributed by atoms with E-state index in [1.54, 1.807) is 0 Å². The van der Waals surface area contributed by atoms with Gasteiger partial charge in [0.25, 0.3) is 0 Å². The van der Waals surface area contributed by atoms with Crippen LogP contribution in [0.3, 0.4) is 0 Å². The molecule has 96 valence electrons. The molecule has 0 bridgehead atoms. The van der Waals surface area contributed by atoms with E-state index in [2.05, 4.69) is 16.6 Å². The molecule has 0 aliphatic carbocycles. The number of carbonyl (C=O) groups excluding carboxylic acids is 1. The van der Waals surface area contributed by atoms with Gasteiger partial charge in [0, 0.05) is 25.5 Å². The molecule has 0 saturated heterocycles. The molecule has 1 aromatic carbocycles. The van der Waals surface area contributed by atoms with Gasteiger partial charge in [-0.1, -0.05) is 12.0 Å². The number of aryl methyl sites for hydroxylation is 1. The van der Waals surface area contributed by atoms with Crippen LogP contribution in [0.2, 0.25) is 0 Å². The lowest BCUT2D eigenvalue weighted by molar-refractivity contribution is -0.115. The number of nitrogens with one attached hydrogen (secondary N) is 2. The second kappa shape index (κ2) is 6.67. The van der Waals surface area contributed by atoms with E-state index >= 15 is 0 Å². The van der Waals surface area contributed by atoms with Gasteiger partial charge in [0.1, 0.15) is 0 Å². The molecular formula is C14H19N3O. The van der Waals surface area contributed by atoms with E-state index < -0.39 is 0 Å². The Morgan fingerprint density at radius 2 is 2.17 bits per heavy atom. The van der Waals surface area contributed by atoms with Gasteiger partial charge in [-0.25, -0.2) is 0 Å². The van der Waals surface area contributed by atoms with E-state index in [1.165, 1.54) is 5.56 Å². The van der Waals surface area contributed by atoms with Crippen molar-refractivity contribution in [1.29, 1.82) is 0 Å². The van der Waals surface area contributed by atoms with Crippen molar-refractivity contribution < 1.29 is 4.79 Å². The first-order valence-corrected chi connectivity index (χ1v) is 5.76. The van der Waals surface area contributed by atoms with Gasteiger partial charge in [0.15, 0.2) is 0 Å². The Morgan fingerprint density at radius 1 is 1.44 bits per heavy atom. The average Bonchev–Trinajstić information content (AvgIpc) is 2.31. The minimum atomic E-state index is -0.0983. The van der Waals surface area contributed by atoms with E-state index in [4.69, 9.17) is 6.42 Å². The maximum atomic E-state index is 11.6. The Hall–Kier alpha value is -1.99. The van der Waals surface area contributed by atoms with Gasteiger partial charge in [-0.15, -0.1) is 6.42 Å². The highest BCUT2D eigenvalue weighted by Gasteiger charge is 2.05. The van der Waals surface area contributed by atoms with Crippen LogP contribution in [0.25, 0.3) is 0 Å². The molecule has 0 aliphatic rings. The molecule has 0 aromatic heterocycles. The molecule has 0 aliphatic heterocycles. The smallest absolute Gasteiger partial charge is 0.238 e. The molecule has 4 nitrogen and oxygen atoms in total. The summed E-state index contributed by atoms with van der Waals surface area (Å²) in [5.74, 6) is 2.32. The third kappa shape index (κ3) is 4.11. The second-order valence-electron chi connectivity index (χ2n) is 4.25. The standard InChI is InChI=1S/C14H19N3O/c1-5-8-15-10-14(18)16-12-7-6-11(2)13(9-12)17(3)4/h1,6-7,9,15H,8,10H2,2-4H3,(H,16,18). The number of benzene rings is 1. The van der Waals surface area contributed by atoms with Crippen LogP contribution in [0, 0.1) is 19.3 Å². The van der Waals surface area contributed by atoms with E-state index in [1.807, 2.05) is 44.1 Å². The summed E-state index contributed by atoms with van der Waals surface area (Å²) in [6.45, 7) is 2.65. The Bertz CT molecular complexity index is 461. The van der Waals surface area contributed by atoms with Crippen LogP contribution in [-0.4, -0.2) is 33.1 Å². The van der Waals surface area contributed by atoms with Crippen molar-refractivity contribution in [2.24, 2.45) is 0 Å². The van der Waals surface area contributed by atoms with Gasteiger partial charge in [0.2, 0.25) is 5.91 Å². The molecule has 1 rings (SSSR count). The number of amides is 1. The van der Waals surface area contributed by atoms with Gasteiger partial charge < -0.3 is 10.2 Å². The third-order valence-electron chi connectivity index (χ3n) is 2.49. The topological polar surface area (TPSA) is 44.4 Å². The van der Waals surface area contributed by atoms with Crippen LogP contribution in [0.5, 0.6) is 0 Å².